The van der Waals surface area contributed by atoms with Crippen LogP contribution in [-0.4, -0.2) is 5.11 Å². The zero-order valence-electron chi connectivity index (χ0n) is 6.97. The molecule has 0 bridgehead atoms. The molecule has 0 atom stereocenters. The molecular weight excluding hydrogens is 174 g/mol. The molecule has 0 radical (unpaired) electrons. The van der Waals surface area contributed by atoms with Crippen molar-refractivity contribution >= 4 is 17.3 Å². The second-order valence-corrected chi connectivity index (χ2v) is 3.17. The summed E-state index contributed by atoms with van der Waals surface area (Å²) in [6, 6.07) is 3.50. The van der Waals surface area contributed by atoms with E-state index in [-0.39, 0.29) is 5.75 Å². The van der Waals surface area contributed by atoms with Crippen LogP contribution in [0.25, 0.3) is 0 Å². The van der Waals surface area contributed by atoms with Crippen LogP contribution < -0.4 is 5.73 Å². The highest BCUT2D eigenvalue weighted by Crippen LogP contribution is 2.31. The molecule has 12 heavy (non-hydrogen) atoms. The van der Waals surface area contributed by atoms with Gasteiger partial charge in [0.15, 0.2) is 5.75 Å². The van der Waals surface area contributed by atoms with Gasteiger partial charge in [0, 0.05) is 0 Å². The average molecular weight is 186 g/mol. The molecule has 3 N–H and O–H groups in total. The number of hydrogen-bond donors (Lipinski definition) is 2. The van der Waals surface area contributed by atoms with Gasteiger partial charge >= 0.3 is 0 Å². The SMILES string of the molecule is CCCc1cc(N)c(O)c(Cl)c1. The van der Waals surface area contributed by atoms with Crippen molar-refractivity contribution in [2.45, 2.75) is 19.8 Å². The Morgan fingerprint density at radius 2 is 2.17 bits per heavy atom. The van der Waals surface area contributed by atoms with E-state index in [4.69, 9.17) is 17.3 Å². The first-order chi connectivity index (χ1) is 5.65. The van der Waals surface area contributed by atoms with Crippen molar-refractivity contribution in [3.8, 4) is 5.75 Å². The van der Waals surface area contributed by atoms with Gasteiger partial charge in [-0.2, -0.15) is 0 Å². The minimum atomic E-state index is -0.0171. The first kappa shape index (κ1) is 9.20. The molecule has 0 aliphatic heterocycles. The molecule has 0 saturated carbocycles. The molecule has 1 aromatic rings. The van der Waals surface area contributed by atoms with Gasteiger partial charge in [0.05, 0.1) is 10.7 Å². The summed E-state index contributed by atoms with van der Waals surface area (Å²) in [6.07, 6.45) is 1.98. The lowest BCUT2D eigenvalue weighted by atomic mass is 10.1. The summed E-state index contributed by atoms with van der Waals surface area (Å²) in [5.74, 6) is -0.0171. The van der Waals surface area contributed by atoms with Crippen LogP contribution in [0.5, 0.6) is 5.75 Å². The maximum Gasteiger partial charge on any atom is 0.157 e. The highest BCUT2D eigenvalue weighted by atomic mass is 35.5. The van der Waals surface area contributed by atoms with Gasteiger partial charge in [0.25, 0.3) is 0 Å². The first-order valence-electron chi connectivity index (χ1n) is 3.92. The topological polar surface area (TPSA) is 46.2 Å². The third-order valence-electron chi connectivity index (χ3n) is 1.69. The Balaban J connectivity index is 3.04. The van der Waals surface area contributed by atoms with E-state index < -0.39 is 0 Å². The van der Waals surface area contributed by atoms with Crippen molar-refractivity contribution in [2.75, 3.05) is 5.73 Å². The second kappa shape index (κ2) is 3.68. The number of benzene rings is 1. The van der Waals surface area contributed by atoms with Gasteiger partial charge in [-0.25, -0.2) is 0 Å². The van der Waals surface area contributed by atoms with Crippen molar-refractivity contribution in [1.82, 2.24) is 0 Å². The summed E-state index contributed by atoms with van der Waals surface area (Å²) in [6.45, 7) is 2.08. The van der Waals surface area contributed by atoms with Crippen LogP contribution >= 0.6 is 11.6 Å². The van der Waals surface area contributed by atoms with E-state index in [9.17, 15) is 5.11 Å². The Bertz CT molecular complexity index is 263. The summed E-state index contributed by atoms with van der Waals surface area (Å²) in [5, 5.41) is 9.57. The third-order valence-corrected chi connectivity index (χ3v) is 1.98. The van der Waals surface area contributed by atoms with Crippen LogP contribution in [-0.2, 0) is 6.42 Å². The normalized spacial score (nSPS) is 10.2. The monoisotopic (exact) mass is 185 g/mol. The fourth-order valence-corrected chi connectivity index (χ4v) is 1.36. The zero-order chi connectivity index (χ0) is 9.14. The Morgan fingerprint density at radius 1 is 1.50 bits per heavy atom. The van der Waals surface area contributed by atoms with E-state index >= 15 is 0 Å². The largest absolute Gasteiger partial charge is 0.504 e. The van der Waals surface area contributed by atoms with E-state index in [2.05, 4.69) is 6.92 Å². The van der Waals surface area contributed by atoms with Crippen LogP contribution in [0.15, 0.2) is 12.1 Å². The smallest absolute Gasteiger partial charge is 0.157 e. The number of phenols is 1. The summed E-state index contributed by atoms with van der Waals surface area (Å²) >= 11 is 5.72. The fraction of sp³-hybridized carbons (Fsp3) is 0.333. The number of aryl methyl sites for hydroxylation is 1. The van der Waals surface area contributed by atoms with Crippen molar-refractivity contribution in [3.05, 3.63) is 22.7 Å². The molecule has 0 aromatic heterocycles. The number of rotatable bonds is 2. The molecule has 3 heteroatoms. The van der Waals surface area contributed by atoms with Gasteiger partial charge in [0.2, 0.25) is 0 Å². The van der Waals surface area contributed by atoms with Crippen molar-refractivity contribution in [2.24, 2.45) is 0 Å². The molecule has 0 amide bonds. The fourth-order valence-electron chi connectivity index (χ4n) is 1.11. The molecule has 0 saturated heterocycles. The summed E-state index contributed by atoms with van der Waals surface area (Å²) in [5.41, 5.74) is 6.94. The van der Waals surface area contributed by atoms with E-state index in [1.54, 1.807) is 12.1 Å². The van der Waals surface area contributed by atoms with Gasteiger partial charge in [-0.15, -0.1) is 0 Å². The molecule has 1 rings (SSSR count). The van der Waals surface area contributed by atoms with Crippen LogP contribution in [0.3, 0.4) is 0 Å². The molecule has 0 unspecified atom stereocenters. The van der Waals surface area contributed by atoms with E-state index in [0.717, 1.165) is 18.4 Å². The maximum atomic E-state index is 9.24. The van der Waals surface area contributed by atoms with E-state index in [1.807, 2.05) is 0 Å². The van der Waals surface area contributed by atoms with Crippen LogP contribution in [0.2, 0.25) is 5.02 Å². The van der Waals surface area contributed by atoms with Crippen LogP contribution in [0.4, 0.5) is 5.69 Å². The lowest BCUT2D eigenvalue weighted by molar-refractivity contribution is 0.478. The molecule has 2 nitrogen and oxygen atoms in total. The molecular formula is C9H12ClNO. The number of nitrogens with two attached hydrogens (primary N) is 1. The highest BCUT2D eigenvalue weighted by molar-refractivity contribution is 6.32. The lowest BCUT2D eigenvalue weighted by Gasteiger charge is -2.04. The van der Waals surface area contributed by atoms with Gasteiger partial charge in [-0.3, -0.25) is 0 Å². The first-order valence-corrected chi connectivity index (χ1v) is 4.29. The standard InChI is InChI=1S/C9H12ClNO/c1-2-3-6-4-7(10)9(12)8(11)5-6/h4-5,12H,2-3,11H2,1H3. The van der Waals surface area contributed by atoms with Crippen LogP contribution in [0.1, 0.15) is 18.9 Å². The number of hydrogen-bond acceptors (Lipinski definition) is 2. The lowest BCUT2D eigenvalue weighted by Crippen LogP contribution is -1.90. The minimum absolute atomic E-state index is 0.0171. The molecule has 66 valence electrons. The summed E-state index contributed by atoms with van der Waals surface area (Å²) in [7, 11) is 0. The predicted octanol–water partition coefficient (Wildman–Crippen LogP) is 2.58. The van der Waals surface area contributed by atoms with Gasteiger partial charge in [-0.1, -0.05) is 24.9 Å². The van der Waals surface area contributed by atoms with Crippen molar-refractivity contribution in [1.29, 1.82) is 0 Å². The minimum Gasteiger partial charge on any atom is -0.504 e. The van der Waals surface area contributed by atoms with Crippen molar-refractivity contribution in [3.63, 3.8) is 0 Å². The summed E-state index contributed by atoms with van der Waals surface area (Å²) < 4.78 is 0. The Morgan fingerprint density at radius 3 is 2.67 bits per heavy atom. The molecule has 1 aromatic carbocycles. The van der Waals surface area contributed by atoms with Gasteiger partial charge in [-0.05, 0) is 24.1 Å². The number of aromatic hydroxyl groups is 1. The van der Waals surface area contributed by atoms with E-state index in [0.29, 0.717) is 10.7 Å². The van der Waals surface area contributed by atoms with Crippen molar-refractivity contribution < 1.29 is 5.11 Å². The number of phenolic OH excluding ortho intramolecular Hbond substituents is 1. The molecule has 0 fully saturated rings. The summed E-state index contributed by atoms with van der Waals surface area (Å²) in [4.78, 5) is 0. The number of halogens is 1. The highest BCUT2D eigenvalue weighted by Gasteiger charge is 2.04. The Kier molecular flexibility index (Phi) is 2.82. The van der Waals surface area contributed by atoms with Crippen LogP contribution in [0, 0.1) is 0 Å². The van der Waals surface area contributed by atoms with Gasteiger partial charge in [0.1, 0.15) is 0 Å². The number of anilines is 1. The zero-order valence-corrected chi connectivity index (χ0v) is 7.73. The predicted molar refractivity (Wildman–Crippen MR) is 51.5 cm³/mol. The Hall–Kier alpha value is -0.890. The maximum absolute atomic E-state index is 9.24. The molecule has 0 aliphatic carbocycles. The van der Waals surface area contributed by atoms with E-state index in [1.165, 1.54) is 0 Å². The second-order valence-electron chi connectivity index (χ2n) is 2.77. The molecule has 0 aliphatic rings. The molecule has 0 heterocycles. The molecule has 0 spiro atoms. The Labute approximate surface area is 77.0 Å². The van der Waals surface area contributed by atoms with Gasteiger partial charge < -0.3 is 10.8 Å². The third kappa shape index (κ3) is 1.83. The average Bonchev–Trinajstić information content (AvgIpc) is 2.01. The quantitative estimate of drug-likeness (QED) is 0.550. The number of nitrogen functional groups attached to an aromatic ring is 1.